The van der Waals surface area contributed by atoms with Crippen LogP contribution in [0.3, 0.4) is 0 Å². The lowest BCUT2D eigenvalue weighted by Gasteiger charge is -2.29. The second-order valence-electron chi connectivity index (χ2n) is 7.10. The Morgan fingerprint density at radius 1 is 0.968 bits per heavy atom. The van der Waals surface area contributed by atoms with Gasteiger partial charge in [0.05, 0.1) is 18.9 Å². The molecule has 0 spiro atoms. The van der Waals surface area contributed by atoms with Crippen molar-refractivity contribution in [3.63, 3.8) is 0 Å². The number of aromatic amines is 1. The van der Waals surface area contributed by atoms with E-state index < -0.39 is 0 Å². The van der Waals surface area contributed by atoms with Crippen LogP contribution in [0.25, 0.3) is 22.6 Å². The number of hydrogen-bond acceptors (Lipinski definition) is 7. The lowest BCUT2D eigenvalue weighted by Crippen LogP contribution is -2.36. The Bertz CT molecular complexity index is 1160. The quantitative estimate of drug-likeness (QED) is 0.512. The minimum Gasteiger partial charge on any atom is -0.378 e. The third kappa shape index (κ3) is 4.36. The Hall–Kier alpha value is -3.85. The zero-order valence-electron chi connectivity index (χ0n) is 16.6. The first-order chi connectivity index (χ1) is 15.2. The van der Waals surface area contributed by atoms with Crippen LogP contribution in [0, 0.1) is 5.82 Å². The summed E-state index contributed by atoms with van der Waals surface area (Å²) in [6, 6.07) is 14.4. The fourth-order valence-corrected chi connectivity index (χ4v) is 3.49. The number of rotatable bonds is 5. The number of benzene rings is 2. The molecule has 0 aliphatic carbocycles. The summed E-state index contributed by atoms with van der Waals surface area (Å²) in [5.41, 5.74) is 3.92. The van der Waals surface area contributed by atoms with E-state index in [0.717, 1.165) is 30.0 Å². The molecule has 1 aliphatic heterocycles. The van der Waals surface area contributed by atoms with Crippen LogP contribution in [0.15, 0.2) is 61.1 Å². The van der Waals surface area contributed by atoms with Crippen LogP contribution in [0.2, 0.25) is 0 Å². The molecule has 8 nitrogen and oxygen atoms in total. The Morgan fingerprint density at radius 3 is 2.58 bits per heavy atom. The van der Waals surface area contributed by atoms with Crippen LogP contribution in [0.4, 0.5) is 21.7 Å². The van der Waals surface area contributed by atoms with Gasteiger partial charge < -0.3 is 15.0 Å². The highest BCUT2D eigenvalue weighted by atomic mass is 19.1. The van der Waals surface area contributed by atoms with E-state index in [1.807, 2.05) is 30.3 Å². The molecule has 1 fully saturated rings. The van der Waals surface area contributed by atoms with Gasteiger partial charge in [-0.2, -0.15) is 5.10 Å². The predicted molar refractivity (Wildman–Crippen MR) is 116 cm³/mol. The molecule has 2 aromatic heterocycles. The molecule has 0 radical (unpaired) electrons. The molecule has 2 aromatic carbocycles. The Morgan fingerprint density at radius 2 is 1.81 bits per heavy atom. The zero-order chi connectivity index (χ0) is 21.0. The van der Waals surface area contributed by atoms with Gasteiger partial charge in [-0.25, -0.2) is 19.3 Å². The third-order valence-electron chi connectivity index (χ3n) is 5.04. The largest absolute Gasteiger partial charge is 0.378 e. The monoisotopic (exact) mass is 417 g/mol. The van der Waals surface area contributed by atoms with Gasteiger partial charge in [-0.05, 0) is 48.5 Å². The average Bonchev–Trinajstić information content (AvgIpc) is 3.35. The van der Waals surface area contributed by atoms with Gasteiger partial charge in [0.1, 0.15) is 12.1 Å². The smallest absolute Gasteiger partial charge is 0.227 e. The summed E-state index contributed by atoms with van der Waals surface area (Å²) in [5.74, 6) is 0.837. The third-order valence-corrected chi connectivity index (χ3v) is 5.04. The maximum absolute atomic E-state index is 14.3. The summed E-state index contributed by atoms with van der Waals surface area (Å²) in [5, 5.41) is 9.89. The molecule has 3 heterocycles. The van der Waals surface area contributed by atoms with Gasteiger partial charge in [-0.3, -0.25) is 5.10 Å². The van der Waals surface area contributed by atoms with Crippen molar-refractivity contribution in [3.05, 3.63) is 66.9 Å². The average molecular weight is 417 g/mol. The van der Waals surface area contributed by atoms with E-state index in [2.05, 4.69) is 35.4 Å². The molecule has 156 valence electrons. The first-order valence-corrected chi connectivity index (χ1v) is 9.94. The summed E-state index contributed by atoms with van der Waals surface area (Å²) in [4.78, 5) is 15.1. The lowest BCUT2D eigenvalue weighted by atomic mass is 10.1. The molecule has 1 aliphatic rings. The van der Waals surface area contributed by atoms with Crippen molar-refractivity contribution in [3.8, 4) is 22.6 Å². The van der Waals surface area contributed by atoms with Crippen LogP contribution >= 0.6 is 0 Å². The van der Waals surface area contributed by atoms with Crippen molar-refractivity contribution in [2.24, 2.45) is 0 Å². The van der Waals surface area contributed by atoms with Crippen LogP contribution in [0.5, 0.6) is 0 Å². The fraction of sp³-hybridized carbons (Fsp3) is 0.182. The van der Waals surface area contributed by atoms with E-state index in [9.17, 15) is 4.39 Å². The molecular weight excluding hydrogens is 397 g/mol. The van der Waals surface area contributed by atoms with E-state index in [-0.39, 0.29) is 5.82 Å². The van der Waals surface area contributed by atoms with E-state index in [0.29, 0.717) is 36.2 Å². The number of hydrogen-bond donors (Lipinski definition) is 2. The Labute approximate surface area is 178 Å². The number of H-pyrrole nitrogens is 1. The second-order valence-corrected chi connectivity index (χ2v) is 7.10. The van der Waals surface area contributed by atoms with Crippen LogP contribution in [-0.2, 0) is 4.74 Å². The maximum Gasteiger partial charge on any atom is 0.227 e. The number of anilines is 3. The first kappa shape index (κ1) is 19.1. The summed E-state index contributed by atoms with van der Waals surface area (Å²) >= 11 is 0. The summed E-state index contributed by atoms with van der Waals surface area (Å²) in [6.45, 7) is 2.76. The standard InChI is InChI=1S/C22H20FN7O/c23-17-11-16(12-19(13-17)30-7-9-31-10-8-30)20-5-6-24-22(28-20)27-18-3-1-15(2-4-18)21-25-14-26-29-21/h1-6,11-14H,7-10H2,(H,24,27,28)(H,25,26,29). The van der Waals surface area contributed by atoms with Crippen molar-refractivity contribution in [2.75, 3.05) is 36.5 Å². The molecule has 0 atom stereocenters. The van der Waals surface area contributed by atoms with Crippen LogP contribution in [0.1, 0.15) is 0 Å². The second kappa shape index (κ2) is 8.49. The van der Waals surface area contributed by atoms with Crippen LogP contribution in [-0.4, -0.2) is 51.5 Å². The van der Waals surface area contributed by atoms with Gasteiger partial charge in [0.25, 0.3) is 0 Å². The predicted octanol–water partition coefficient (Wildman–Crippen LogP) is 3.65. The number of halogens is 1. The van der Waals surface area contributed by atoms with E-state index in [4.69, 9.17) is 4.74 Å². The number of nitrogens with one attached hydrogen (secondary N) is 2. The van der Waals surface area contributed by atoms with Crippen molar-refractivity contribution >= 4 is 17.3 Å². The van der Waals surface area contributed by atoms with Gasteiger partial charge in [0.2, 0.25) is 5.95 Å². The Kier molecular flexibility index (Phi) is 5.24. The van der Waals surface area contributed by atoms with Gasteiger partial charge in [-0.15, -0.1) is 0 Å². The van der Waals surface area contributed by atoms with Gasteiger partial charge in [0.15, 0.2) is 5.82 Å². The molecule has 0 unspecified atom stereocenters. The highest BCUT2D eigenvalue weighted by Crippen LogP contribution is 2.27. The molecule has 0 amide bonds. The Balaban J connectivity index is 1.37. The molecule has 5 rings (SSSR count). The molecule has 4 aromatic rings. The first-order valence-electron chi connectivity index (χ1n) is 9.94. The summed E-state index contributed by atoms with van der Waals surface area (Å²) in [7, 11) is 0. The van der Waals surface area contributed by atoms with Gasteiger partial charge in [0, 0.05) is 41.8 Å². The molecule has 31 heavy (non-hydrogen) atoms. The van der Waals surface area contributed by atoms with E-state index >= 15 is 0 Å². The molecule has 0 bridgehead atoms. The molecule has 1 saturated heterocycles. The molecule has 2 N–H and O–H groups in total. The molecular formula is C22H20FN7O. The normalized spacial score (nSPS) is 13.9. The summed E-state index contributed by atoms with van der Waals surface area (Å²) < 4.78 is 19.7. The summed E-state index contributed by atoms with van der Waals surface area (Å²) in [6.07, 6.45) is 3.13. The van der Waals surface area contributed by atoms with E-state index in [1.54, 1.807) is 18.3 Å². The SMILES string of the molecule is Fc1cc(-c2ccnc(Nc3ccc(-c4ncn[nH]4)cc3)n2)cc(N2CCOCC2)c1. The minimum atomic E-state index is -0.296. The van der Waals surface area contributed by atoms with Crippen LogP contribution < -0.4 is 10.2 Å². The minimum absolute atomic E-state index is 0.296. The lowest BCUT2D eigenvalue weighted by molar-refractivity contribution is 0.122. The van der Waals surface area contributed by atoms with E-state index in [1.165, 1.54) is 12.4 Å². The number of ether oxygens (including phenoxy) is 1. The van der Waals surface area contributed by atoms with Crippen molar-refractivity contribution in [1.82, 2.24) is 25.1 Å². The highest BCUT2D eigenvalue weighted by Gasteiger charge is 2.14. The number of morpholine rings is 1. The zero-order valence-corrected chi connectivity index (χ0v) is 16.6. The van der Waals surface area contributed by atoms with Crippen molar-refractivity contribution in [1.29, 1.82) is 0 Å². The van der Waals surface area contributed by atoms with Gasteiger partial charge in [-0.1, -0.05) is 0 Å². The fourth-order valence-electron chi connectivity index (χ4n) is 3.49. The molecule has 0 saturated carbocycles. The van der Waals surface area contributed by atoms with Gasteiger partial charge >= 0.3 is 0 Å². The highest BCUT2D eigenvalue weighted by molar-refractivity contribution is 5.68. The number of aromatic nitrogens is 5. The molecule has 9 heteroatoms. The maximum atomic E-state index is 14.3. The number of nitrogens with zero attached hydrogens (tertiary/aromatic N) is 5. The van der Waals surface area contributed by atoms with Crippen molar-refractivity contribution < 1.29 is 9.13 Å². The van der Waals surface area contributed by atoms with Crippen molar-refractivity contribution in [2.45, 2.75) is 0 Å². The topological polar surface area (TPSA) is 91.9 Å².